The van der Waals surface area contributed by atoms with Gasteiger partial charge in [0.05, 0.1) is 11.4 Å². The molecule has 4 N–H and O–H groups in total. The van der Waals surface area contributed by atoms with Gasteiger partial charge in [-0.15, -0.1) is 0 Å². The maximum Gasteiger partial charge on any atom is 0.242 e. The van der Waals surface area contributed by atoms with Crippen LogP contribution in [0.2, 0.25) is 0 Å². The van der Waals surface area contributed by atoms with Crippen LogP contribution in [-0.2, 0) is 4.79 Å². The van der Waals surface area contributed by atoms with Crippen LogP contribution in [0.4, 0.5) is 15.8 Å². The fourth-order valence-corrected chi connectivity index (χ4v) is 1.51. The fourth-order valence-electron chi connectivity index (χ4n) is 1.51. The molecule has 1 aliphatic rings. The average Bonchev–Trinajstić information content (AvgIpc) is 3.07. The maximum absolute atomic E-state index is 13.0. The van der Waals surface area contributed by atoms with Gasteiger partial charge >= 0.3 is 0 Å². The number of carbonyl (C=O) groups is 1. The molecule has 0 heterocycles. The molecule has 1 atom stereocenters. The molecule has 17 heavy (non-hydrogen) atoms. The Kier molecular flexibility index (Phi) is 3.17. The number of hydrogen-bond acceptors (Lipinski definition) is 3. The molecule has 0 spiro atoms. The molecular weight excluding hydrogens is 221 g/mol. The van der Waals surface area contributed by atoms with Crippen LogP contribution in [0.3, 0.4) is 0 Å². The summed E-state index contributed by atoms with van der Waals surface area (Å²) in [6.45, 7) is 1.72. The highest BCUT2D eigenvalue weighted by molar-refractivity contribution is 5.85. The van der Waals surface area contributed by atoms with Gasteiger partial charge in [0.25, 0.3) is 0 Å². The largest absolute Gasteiger partial charge is 0.397 e. The second kappa shape index (κ2) is 4.61. The summed E-state index contributed by atoms with van der Waals surface area (Å²) in [5.74, 6) is -0.465. The molecule has 0 bridgehead atoms. The summed E-state index contributed by atoms with van der Waals surface area (Å²) in [5.41, 5.74) is 6.57. The van der Waals surface area contributed by atoms with Gasteiger partial charge in [-0.25, -0.2) is 4.39 Å². The van der Waals surface area contributed by atoms with Gasteiger partial charge in [0.2, 0.25) is 5.91 Å². The van der Waals surface area contributed by atoms with Gasteiger partial charge in [-0.1, -0.05) is 0 Å². The summed E-state index contributed by atoms with van der Waals surface area (Å²) in [5, 5.41) is 5.78. The molecule has 5 heteroatoms. The summed E-state index contributed by atoms with van der Waals surface area (Å²) >= 11 is 0. The standard InChI is InChI=1S/C12H16FN3O/c1-7(12(17)16-9-3-4-9)15-11-6-8(13)2-5-10(11)14/h2,5-7,9,15H,3-4,14H2,1H3,(H,16,17). The predicted octanol–water partition coefficient (Wildman–Crippen LogP) is 1.49. The number of anilines is 2. The van der Waals surface area contributed by atoms with Gasteiger partial charge in [0.15, 0.2) is 0 Å². The first-order valence-electron chi connectivity index (χ1n) is 5.68. The van der Waals surface area contributed by atoms with Crippen molar-refractivity contribution in [3.63, 3.8) is 0 Å². The lowest BCUT2D eigenvalue weighted by atomic mass is 10.2. The van der Waals surface area contributed by atoms with E-state index < -0.39 is 6.04 Å². The second-order valence-corrected chi connectivity index (χ2v) is 4.38. The van der Waals surface area contributed by atoms with Crippen LogP contribution in [0.25, 0.3) is 0 Å². The Morgan fingerprint density at radius 3 is 2.88 bits per heavy atom. The highest BCUT2D eigenvalue weighted by Gasteiger charge is 2.25. The van der Waals surface area contributed by atoms with E-state index >= 15 is 0 Å². The molecule has 1 unspecified atom stereocenters. The molecule has 0 aromatic heterocycles. The molecule has 0 aliphatic heterocycles. The molecule has 1 aromatic carbocycles. The number of carbonyl (C=O) groups excluding carboxylic acids is 1. The Labute approximate surface area is 99.4 Å². The quantitative estimate of drug-likeness (QED) is 0.695. The molecule has 1 fully saturated rings. The molecule has 1 aliphatic carbocycles. The monoisotopic (exact) mass is 237 g/mol. The van der Waals surface area contributed by atoms with Gasteiger partial charge < -0.3 is 16.4 Å². The smallest absolute Gasteiger partial charge is 0.242 e. The van der Waals surface area contributed by atoms with Crippen LogP contribution < -0.4 is 16.4 Å². The topological polar surface area (TPSA) is 67.1 Å². The molecular formula is C12H16FN3O. The second-order valence-electron chi connectivity index (χ2n) is 4.38. The third-order valence-corrected chi connectivity index (χ3v) is 2.70. The van der Waals surface area contributed by atoms with Crippen LogP contribution in [0.5, 0.6) is 0 Å². The first-order valence-corrected chi connectivity index (χ1v) is 5.68. The minimum absolute atomic E-state index is 0.0869. The Balaban J connectivity index is 1.98. The number of amides is 1. The normalized spacial score (nSPS) is 16.4. The first kappa shape index (κ1) is 11.7. The summed E-state index contributed by atoms with van der Waals surface area (Å²) in [7, 11) is 0. The van der Waals surface area contributed by atoms with E-state index in [1.165, 1.54) is 18.2 Å². The molecule has 2 rings (SSSR count). The van der Waals surface area contributed by atoms with Crippen molar-refractivity contribution < 1.29 is 9.18 Å². The minimum Gasteiger partial charge on any atom is -0.397 e. The lowest BCUT2D eigenvalue weighted by Gasteiger charge is -2.16. The van der Waals surface area contributed by atoms with Crippen molar-refractivity contribution in [1.82, 2.24) is 5.32 Å². The molecule has 1 amide bonds. The van der Waals surface area contributed by atoms with Crippen LogP contribution in [0.15, 0.2) is 18.2 Å². The number of nitrogen functional groups attached to an aromatic ring is 1. The molecule has 0 radical (unpaired) electrons. The van der Waals surface area contributed by atoms with Crippen molar-refractivity contribution in [3.8, 4) is 0 Å². The van der Waals surface area contributed by atoms with Gasteiger partial charge in [0.1, 0.15) is 11.9 Å². The van der Waals surface area contributed by atoms with E-state index in [-0.39, 0.29) is 11.7 Å². The number of benzene rings is 1. The van der Waals surface area contributed by atoms with Gasteiger partial charge in [-0.05, 0) is 38.0 Å². The van der Waals surface area contributed by atoms with E-state index in [1.807, 2.05) is 0 Å². The van der Waals surface area contributed by atoms with E-state index in [2.05, 4.69) is 10.6 Å². The van der Waals surface area contributed by atoms with Crippen LogP contribution in [0.1, 0.15) is 19.8 Å². The van der Waals surface area contributed by atoms with Crippen molar-refractivity contribution in [2.45, 2.75) is 31.8 Å². The Morgan fingerprint density at radius 1 is 1.53 bits per heavy atom. The van der Waals surface area contributed by atoms with E-state index in [0.29, 0.717) is 17.4 Å². The number of nitrogens with one attached hydrogen (secondary N) is 2. The van der Waals surface area contributed by atoms with Crippen molar-refractivity contribution >= 4 is 17.3 Å². The number of nitrogens with two attached hydrogens (primary N) is 1. The van der Waals surface area contributed by atoms with Crippen molar-refractivity contribution in [2.24, 2.45) is 0 Å². The highest BCUT2D eigenvalue weighted by Crippen LogP contribution is 2.21. The molecule has 92 valence electrons. The van der Waals surface area contributed by atoms with Gasteiger partial charge in [-0.3, -0.25) is 4.79 Å². The Bertz CT molecular complexity index is 432. The molecule has 4 nitrogen and oxygen atoms in total. The zero-order valence-corrected chi connectivity index (χ0v) is 9.66. The molecule has 1 saturated carbocycles. The minimum atomic E-state index is -0.431. The summed E-state index contributed by atoms with van der Waals surface area (Å²) in [6, 6.07) is 3.94. The third kappa shape index (κ3) is 3.09. The number of halogens is 1. The Hall–Kier alpha value is -1.78. The molecule has 0 saturated heterocycles. The van der Waals surface area contributed by atoms with E-state index in [4.69, 9.17) is 5.73 Å². The van der Waals surface area contributed by atoms with Crippen molar-refractivity contribution in [3.05, 3.63) is 24.0 Å². The predicted molar refractivity (Wildman–Crippen MR) is 65.1 cm³/mol. The van der Waals surface area contributed by atoms with Crippen LogP contribution in [-0.4, -0.2) is 18.0 Å². The number of hydrogen-bond donors (Lipinski definition) is 3. The average molecular weight is 237 g/mol. The first-order chi connectivity index (χ1) is 8.06. The van der Waals surface area contributed by atoms with Crippen LogP contribution in [0, 0.1) is 5.82 Å². The summed E-state index contributed by atoms with van der Waals surface area (Å²) < 4.78 is 13.0. The van der Waals surface area contributed by atoms with Crippen LogP contribution >= 0.6 is 0 Å². The summed E-state index contributed by atoms with van der Waals surface area (Å²) in [6.07, 6.45) is 2.08. The third-order valence-electron chi connectivity index (χ3n) is 2.70. The van der Waals surface area contributed by atoms with E-state index in [1.54, 1.807) is 6.92 Å². The fraction of sp³-hybridized carbons (Fsp3) is 0.417. The zero-order chi connectivity index (χ0) is 12.4. The SMILES string of the molecule is CC(Nc1cc(F)ccc1N)C(=O)NC1CC1. The van der Waals surface area contributed by atoms with Crippen molar-refractivity contribution in [1.29, 1.82) is 0 Å². The van der Waals surface area contributed by atoms with E-state index in [0.717, 1.165) is 12.8 Å². The lowest BCUT2D eigenvalue weighted by molar-refractivity contribution is -0.121. The van der Waals surface area contributed by atoms with Crippen molar-refractivity contribution in [2.75, 3.05) is 11.1 Å². The Morgan fingerprint density at radius 2 is 2.24 bits per heavy atom. The van der Waals surface area contributed by atoms with Gasteiger partial charge in [-0.2, -0.15) is 0 Å². The molecule has 1 aromatic rings. The zero-order valence-electron chi connectivity index (χ0n) is 9.66. The maximum atomic E-state index is 13.0. The lowest BCUT2D eigenvalue weighted by Crippen LogP contribution is -2.38. The summed E-state index contributed by atoms with van der Waals surface area (Å²) in [4.78, 5) is 11.7. The van der Waals surface area contributed by atoms with Gasteiger partial charge in [0, 0.05) is 6.04 Å². The number of rotatable bonds is 4. The van der Waals surface area contributed by atoms with E-state index in [9.17, 15) is 9.18 Å². The highest BCUT2D eigenvalue weighted by atomic mass is 19.1.